The number of hydrogen-bond donors (Lipinski definition) is 2. The SMILES string of the molecule is CC(C)Oc1ccccc1NC(=O)c1cc(C(=O)NCc2cccnc2)ccn1. The van der Waals surface area contributed by atoms with E-state index in [1.807, 2.05) is 26.0 Å². The largest absolute Gasteiger partial charge is 0.489 e. The number of carbonyl (C=O) groups excluding carboxylic acids is 2. The second-order valence-electron chi connectivity index (χ2n) is 6.59. The molecular weight excluding hydrogens is 368 g/mol. The summed E-state index contributed by atoms with van der Waals surface area (Å²) >= 11 is 0. The summed E-state index contributed by atoms with van der Waals surface area (Å²) in [4.78, 5) is 33.1. The molecule has 0 radical (unpaired) electrons. The highest BCUT2D eigenvalue weighted by Crippen LogP contribution is 2.25. The minimum absolute atomic E-state index is 0.0296. The van der Waals surface area contributed by atoms with Gasteiger partial charge in [0.15, 0.2) is 0 Å². The summed E-state index contributed by atoms with van der Waals surface area (Å²) in [6.07, 6.45) is 4.76. The van der Waals surface area contributed by atoms with E-state index in [1.54, 1.807) is 42.7 Å². The summed E-state index contributed by atoms with van der Waals surface area (Å²) in [5.41, 5.74) is 1.91. The molecule has 2 heterocycles. The van der Waals surface area contributed by atoms with E-state index in [9.17, 15) is 9.59 Å². The summed E-state index contributed by atoms with van der Waals surface area (Å²) < 4.78 is 5.71. The Morgan fingerprint density at radius 2 is 1.86 bits per heavy atom. The van der Waals surface area contributed by atoms with Crippen LogP contribution in [0.4, 0.5) is 5.69 Å². The van der Waals surface area contributed by atoms with Crippen LogP contribution < -0.4 is 15.4 Å². The highest BCUT2D eigenvalue weighted by atomic mass is 16.5. The zero-order valence-electron chi connectivity index (χ0n) is 16.3. The molecule has 0 spiro atoms. The molecule has 0 saturated heterocycles. The van der Waals surface area contributed by atoms with Gasteiger partial charge in [-0.05, 0) is 49.7 Å². The molecule has 3 rings (SSSR count). The van der Waals surface area contributed by atoms with E-state index in [2.05, 4.69) is 20.6 Å². The molecule has 0 atom stereocenters. The fourth-order valence-electron chi connectivity index (χ4n) is 2.60. The van der Waals surface area contributed by atoms with Gasteiger partial charge in [0, 0.05) is 30.7 Å². The number of nitrogens with zero attached hydrogens (tertiary/aromatic N) is 2. The van der Waals surface area contributed by atoms with Crippen molar-refractivity contribution in [1.82, 2.24) is 15.3 Å². The number of rotatable bonds is 7. The van der Waals surface area contributed by atoms with Crippen LogP contribution in [0.15, 0.2) is 67.1 Å². The van der Waals surface area contributed by atoms with Gasteiger partial charge in [0.2, 0.25) is 0 Å². The maximum atomic E-state index is 12.6. The lowest BCUT2D eigenvalue weighted by Gasteiger charge is -2.14. The molecule has 0 unspecified atom stereocenters. The number of amides is 2. The van der Waals surface area contributed by atoms with Gasteiger partial charge >= 0.3 is 0 Å². The molecule has 2 amide bonds. The topological polar surface area (TPSA) is 93.2 Å². The number of hydrogen-bond acceptors (Lipinski definition) is 5. The Kier molecular flexibility index (Phi) is 6.52. The Labute approximate surface area is 169 Å². The first-order chi connectivity index (χ1) is 14.0. The van der Waals surface area contributed by atoms with Gasteiger partial charge in [-0.3, -0.25) is 19.6 Å². The monoisotopic (exact) mass is 390 g/mol. The van der Waals surface area contributed by atoms with Crippen molar-refractivity contribution in [2.45, 2.75) is 26.5 Å². The van der Waals surface area contributed by atoms with Gasteiger partial charge in [-0.1, -0.05) is 18.2 Å². The van der Waals surface area contributed by atoms with Crippen molar-refractivity contribution in [3.8, 4) is 5.75 Å². The van der Waals surface area contributed by atoms with Crippen molar-refractivity contribution < 1.29 is 14.3 Å². The first kappa shape index (κ1) is 20.0. The number of para-hydroxylation sites is 2. The molecule has 7 nitrogen and oxygen atoms in total. The first-order valence-corrected chi connectivity index (χ1v) is 9.23. The van der Waals surface area contributed by atoms with Crippen LogP contribution >= 0.6 is 0 Å². The molecule has 2 aromatic heterocycles. The summed E-state index contributed by atoms with van der Waals surface area (Å²) in [6, 6.07) is 13.9. The Hall–Kier alpha value is -3.74. The molecule has 3 aromatic rings. The third-order valence-corrected chi connectivity index (χ3v) is 3.93. The lowest BCUT2D eigenvalue weighted by Crippen LogP contribution is -2.24. The van der Waals surface area contributed by atoms with Gasteiger partial charge in [0.05, 0.1) is 11.8 Å². The summed E-state index contributed by atoms with van der Waals surface area (Å²) in [6.45, 7) is 4.16. The predicted octanol–water partition coefficient (Wildman–Crippen LogP) is 3.45. The Morgan fingerprint density at radius 1 is 1.03 bits per heavy atom. The minimum Gasteiger partial charge on any atom is -0.489 e. The lowest BCUT2D eigenvalue weighted by molar-refractivity contribution is 0.0950. The summed E-state index contributed by atoms with van der Waals surface area (Å²) in [5, 5.41) is 5.59. The Balaban J connectivity index is 1.69. The van der Waals surface area contributed by atoms with Crippen LogP contribution in [0.3, 0.4) is 0 Å². The molecule has 0 fully saturated rings. The molecular formula is C22H22N4O3. The van der Waals surface area contributed by atoms with E-state index in [1.165, 1.54) is 12.3 Å². The number of aromatic nitrogens is 2. The highest BCUT2D eigenvalue weighted by molar-refractivity contribution is 6.05. The average Bonchev–Trinajstić information content (AvgIpc) is 2.74. The quantitative estimate of drug-likeness (QED) is 0.645. The second-order valence-corrected chi connectivity index (χ2v) is 6.59. The third kappa shape index (κ3) is 5.62. The van der Waals surface area contributed by atoms with Crippen molar-refractivity contribution in [2.24, 2.45) is 0 Å². The van der Waals surface area contributed by atoms with E-state index in [-0.39, 0.29) is 17.7 Å². The van der Waals surface area contributed by atoms with Gasteiger partial charge in [-0.2, -0.15) is 0 Å². The van der Waals surface area contributed by atoms with Crippen molar-refractivity contribution in [1.29, 1.82) is 0 Å². The molecule has 0 aliphatic rings. The normalized spacial score (nSPS) is 10.4. The average molecular weight is 390 g/mol. The lowest BCUT2D eigenvalue weighted by atomic mass is 10.2. The highest BCUT2D eigenvalue weighted by Gasteiger charge is 2.14. The van der Waals surface area contributed by atoms with Gasteiger partial charge < -0.3 is 15.4 Å². The number of pyridine rings is 2. The van der Waals surface area contributed by atoms with Gasteiger partial charge in [0.1, 0.15) is 11.4 Å². The van der Waals surface area contributed by atoms with E-state index in [0.717, 1.165) is 5.56 Å². The zero-order chi connectivity index (χ0) is 20.6. The van der Waals surface area contributed by atoms with Crippen molar-refractivity contribution in [3.05, 3.63) is 83.9 Å². The number of anilines is 1. The molecule has 148 valence electrons. The van der Waals surface area contributed by atoms with Crippen LogP contribution in [0.2, 0.25) is 0 Å². The molecule has 1 aromatic carbocycles. The van der Waals surface area contributed by atoms with Crippen LogP contribution in [0.5, 0.6) is 5.75 Å². The standard InChI is InChI=1S/C22H22N4O3/c1-15(2)29-20-8-4-3-7-18(20)26-22(28)19-12-17(9-11-24-19)21(27)25-14-16-6-5-10-23-13-16/h3-13,15H,14H2,1-2H3,(H,25,27)(H,26,28). The van der Waals surface area contributed by atoms with Gasteiger partial charge in [0.25, 0.3) is 11.8 Å². The molecule has 2 N–H and O–H groups in total. The molecule has 0 aliphatic heterocycles. The molecule has 0 bridgehead atoms. The number of benzene rings is 1. The maximum Gasteiger partial charge on any atom is 0.274 e. The van der Waals surface area contributed by atoms with Crippen molar-refractivity contribution in [3.63, 3.8) is 0 Å². The zero-order valence-corrected chi connectivity index (χ0v) is 16.3. The predicted molar refractivity (Wildman–Crippen MR) is 110 cm³/mol. The third-order valence-electron chi connectivity index (χ3n) is 3.93. The van der Waals surface area contributed by atoms with E-state index < -0.39 is 5.91 Å². The van der Waals surface area contributed by atoms with E-state index in [4.69, 9.17) is 4.74 Å². The van der Waals surface area contributed by atoms with Crippen LogP contribution in [0.25, 0.3) is 0 Å². The van der Waals surface area contributed by atoms with Gasteiger partial charge in [-0.25, -0.2) is 0 Å². The summed E-state index contributed by atoms with van der Waals surface area (Å²) in [5.74, 6) is -0.151. The maximum absolute atomic E-state index is 12.6. The first-order valence-electron chi connectivity index (χ1n) is 9.23. The molecule has 7 heteroatoms. The van der Waals surface area contributed by atoms with Crippen molar-refractivity contribution >= 4 is 17.5 Å². The van der Waals surface area contributed by atoms with Gasteiger partial charge in [-0.15, -0.1) is 0 Å². The Morgan fingerprint density at radius 3 is 2.62 bits per heavy atom. The molecule has 0 saturated carbocycles. The smallest absolute Gasteiger partial charge is 0.274 e. The molecule has 29 heavy (non-hydrogen) atoms. The summed E-state index contributed by atoms with van der Waals surface area (Å²) in [7, 11) is 0. The van der Waals surface area contributed by atoms with Crippen molar-refractivity contribution in [2.75, 3.05) is 5.32 Å². The fourth-order valence-corrected chi connectivity index (χ4v) is 2.60. The fraction of sp³-hybridized carbons (Fsp3) is 0.182. The van der Waals surface area contributed by atoms with E-state index >= 15 is 0 Å². The number of carbonyl (C=O) groups is 2. The number of nitrogens with one attached hydrogen (secondary N) is 2. The van der Waals surface area contributed by atoms with Crippen LogP contribution in [0, 0.1) is 0 Å². The van der Waals surface area contributed by atoms with Crippen LogP contribution in [0.1, 0.15) is 40.3 Å². The van der Waals surface area contributed by atoms with Crippen LogP contribution in [-0.2, 0) is 6.54 Å². The Bertz CT molecular complexity index is 990. The van der Waals surface area contributed by atoms with Crippen LogP contribution in [-0.4, -0.2) is 27.9 Å². The number of ether oxygens (including phenoxy) is 1. The van der Waals surface area contributed by atoms with E-state index in [0.29, 0.717) is 23.5 Å². The minimum atomic E-state index is -0.424. The second kappa shape index (κ2) is 9.45. The molecule has 0 aliphatic carbocycles.